The first-order valence-corrected chi connectivity index (χ1v) is 9.65. The molecule has 0 atom stereocenters. The third-order valence-electron chi connectivity index (χ3n) is 4.77. The van der Waals surface area contributed by atoms with Gasteiger partial charge in [0.05, 0.1) is 6.21 Å². The first kappa shape index (κ1) is 16.1. The Hall–Kier alpha value is -2.40. The van der Waals surface area contributed by atoms with Crippen LogP contribution in [0.5, 0.6) is 0 Å². The third-order valence-corrected chi connectivity index (χ3v) is 5.58. The molecule has 4 rings (SSSR count). The van der Waals surface area contributed by atoms with Crippen LogP contribution in [0.15, 0.2) is 46.9 Å². The molecule has 1 aromatic carbocycles. The van der Waals surface area contributed by atoms with Crippen LogP contribution in [-0.4, -0.2) is 16.7 Å². The van der Waals surface area contributed by atoms with E-state index in [2.05, 4.69) is 39.4 Å². The van der Waals surface area contributed by atoms with Gasteiger partial charge in [0.1, 0.15) is 0 Å². The SMILES string of the molecule is O=C(CCn1c2c(c3ccccc31)CCCC2)N/N=C/c1cccs1. The van der Waals surface area contributed by atoms with Crippen LogP contribution >= 0.6 is 11.3 Å². The largest absolute Gasteiger partial charge is 0.344 e. The van der Waals surface area contributed by atoms with Crippen LogP contribution in [-0.2, 0) is 24.2 Å². The fourth-order valence-electron chi connectivity index (χ4n) is 3.64. The zero-order chi connectivity index (χ0) is 17.1. The summed E-state index contributed by atoms with van der Waals surface area (Å²) in [5, 5.41) is 7.38. The number of amides is 1. The average molecular weight is 351 g/mol. The molecular formula is C20H21N3OS. The second kappa shape index (κ2) is 7.23. The number of carbonyl (C=O) groups is 1. The van der Waals surface area contributed by atoms with E-state index in [0.29, 0.717) is 13.0 Å². The van der Waals surface area contributed by atoms with Gasteiger partial charge in [0.2, 0.25) is 5.91 Å². The normalized spacial score (nSPS) is 14.1. The van der Waals surface area contributed by atoms with Crippen molar-refractivity contribution in [3.8, 4) is 0 Å². The number of aromatic nitrogens is 1. The van der Waals surface area contributed by atoms with E-state index in [0.717, 1.165) is 17.7 Å². The van der Waals surface area contributed by atoms with E-state index in [1.54, 1.807) is 17.6 Å². The molecule has 0 radical (unpaired) electrons. The van der Waals surface area contributed by atoms with Gasteiger partial charge in [0, 0.05) is 34.4 Å². The average Bonchev–Trinajstić information content (AvgIpc) is 3.26. The summed E-state index contributed by atoms with van der Waals surface area (Å²) in [6, 6.07) is 12.5. The molecule has 0 bridgehead atoms. The number of fused-ring (bicyclic) bond motifs is 3. The van der Waals surface area contributed by atoms with Gasteiger partial charge in [-0.2, -0.15) is 5.10 Å². The highest BCUT2D eigenvalue weighted by atomic mass is 32.1. The number of nitrogens with one attached hydrogen (secondary N) is 1. The molecule has 0 spiro atoms. The van der Waals surface area contributed by atoms with Crippen LogP contribution < -0.4 is 5.43 Å². The monoisotopic (exact) mass is 351 g/mol. The van der Waals surface area contributed by atoms with E-state index < -0.39 is 0 Å². The van der Waals surface area contributed by atoms with Crippen LogP contribution in [0.4, 0.5) is 0 Å². The number of nitrogens with zero attached hydrogens (tertiary/aromatic N) is 2. The minimum absolute atomic E-state index is 0.0462. The fourth-order valence-corrected chi connectivity index (χ4v) is 4.23. The summed E-state index contributed by atoms with van der Waals surface area (Å²) in [6.07, 6.45) is 6.89. The fraction of sp³-hybridized carbons (Fsp3) is 0.300. The number of carbonyl (C=O) groups excluding carboxylic acids is 1. The van der Waals surface area contributed by atoms with Gasteiger partial charge < -0.3 is 4.57 Å². The Bertz CT molecular complexity index is 909. The smallest absolute Gasteiger partial charge is 0.241 e. The van der Waals surface area contributed by atoms with E-state index in [-0.39, 0.29) is 5.91 Å². The van der Waals surface area contributed by atoms with Gasteiger partial charge in [-0.1, -0.05) is 24.3 Å². The minimum atomic E-state index is -0.0462. The zero-order valence-electron chi connectivity index (χ0n) is 14.1. The Labute approximate surface area is 151 Å². The first-order valence-electron chi connectivity index (χ1n) is 8.77. The number of thiophene rings is 1. The lowest BCUT2D eigenvalue weighted by Gasteiger charge is -2.15. The van der Waals surface area contributed by atoms with Crippen molar-refractivity contribution in [1.29, 1.82) is 0 Å². The highest BCUT2D eigenvalue weighted by Gasteiger charge is 2.19. The van der Waals surface area contributed by atoms with Gasteiger partial charge in [-0.25, -0.2) is 5.43 Å². The maximum Gasteiger partial charge on any atom is 0.241 e. The summed E-state index contributed by atoms with van der Waals surface area (Å²) in [6.45, 7) is 0.705. The van der Waals surface area contributed by atoms with Crippen LogP contribution in [0.2, 0.25) is 0 Å². The maximum absolute atomic E-state index is 12.1. The van der Waals surface area contributed by atoms with Crippen molar-refractivity contribution >= 4 is 34.4 Å². The van der Waals surface area contributed by atoms with Crippen molar-refractivity contribution in [2.45, 2.75) is 38.6 Å². The molecule has 1 aliphatic carbocycles. The van der Waals surface area contributed by atoms with E-state index in [1.165, 1.54) is 35.0 Å². The van der Waals surface area contributed by atoms with E-state index in [4.69, 9.17) is 0 Å². The number of benzene rings is 1. The molecular weight excluding hydrogens is 330 g/mol. The molecule has 5 heteroatoms. The lowest BCUT2D eigenvalue weighted by Crippen LogP contribution is -2.20. The summed E-state index contributed by atoms with van der Waals surface area (Å²) in [5.41, 5.74) is 6.79. The summed E-state index contributed by atoms with van der Waals surface area (Å²) >= 11 is 1.60. The molecule has 2 heterocycles. The Morgan fingerprint density at radius 3 is 2.96 bits per heavy atom. The van der Waals surface area contributed by atoms with Gasteiger partial charge in [0.25, 0.3) is 0 Å². The zero-order valence-corrected chi connectivity index (χ0v) is 14.9. The Balaban J connectivity index is 1.47. The molecule has 0 saturated heterocycles. The van der Waals surface area contributed by atoms with Gasteiger partial charge in [-0.3, -0.25) is 4.79 Å². The van der Waals surface area contributed by atoms with E-state index in [9.17, 15) is 4.79 Å². The standard InChI is InChI=1S/C20H21N3OS/c24-20(22-21-14-15-6-5-13-25-15)11-12-23-18-9-3-1-7-16(18)17-8-2-4-10-19(17)23/h1,3,5-7,9,13-14H,2,4,8,10-12H2,(H,22,24)/b21-14+. The van der Waals surface area contributed by atoms with Crippen molar-refractivity contribution in [3.05, 3.63) is 57.9 Å². The Morgan fingerprint density at radius 1 is 1.20 bits per heavy atom. The molecule has 0 fully saturated rings. The number of aryl methyl sites for hydroxylation is 2. The number of para-hydroxylation sites is 1. The summed E-state index contributed by atoms with van der Waals surface area (Å²) in [5.74, 6) is -0.0462. The number of rotatable bonds is 5. The summed E-state index contributed by atoms with van der Waals surface area (Å²) in [4.78, 5) is 13.2. The molecule has 4 nitrogen and oxygen atoms in total. The molecule has 25 heavy (non-hydrogen) atoms. The van der Waals surface area contributed by atoms with Crippen LogP contribution in [0.25, 0.3) is 10.9 Å². The molecule has 1 aliphatic rings. The lowest BCUT2D eigenvalue weighted by molar-refractivity contribution is -0.121. The highest BCUT2D eigenvalue weighted by Crippen LogP contribution is 2.32. The van der Waals surface area contributed by atoms with Crippen molar-refractivity contribution in [1.82, 2.24) is 9.99 Å². The Kier molecular flexibility index (Phi) is 4.65. The lowest BCUT2D eigenvalue weighted by atomic mass is 9.95. The molecule has 0 unspecified atom stereocenters. The molecule has 1 N–H and O–H groups in total. The number of hydrogen-bond acceptors (Lipinski definition) is 3. The topological polar surface area (TPSA) is 46.4 Å². The predicted molar refractivity (Wildman–Crippen MR) is 103 cm³/mol. The molecule has 128 valence electrons. The quantitative estimate of drug-likeness (QED) is 0.545. The van der Waals surface area contributed by atoms with E-state index >= 15 is 0 Å². The highest BCUT2D eigenvalue weighted by molar-refractivity contribution is 7.11. The van der Waals surface area contributed by atoms with Crippen molar-refractivity contribution < 1.29 is 4.79 Å². The van der Waals surface area contributed by atoms with Crippen LogP contribution in [0, 0.1) is 0 Å². The van der Waals surface area contributed by atoms with Crippen molar-refractivity contribution in [2.24, 2.45) is 5.10 Å². The molecule has 3 aromatic rings. The van der Waals surface area contributed by atoms with E-state index in [1.807, 2.05) is 17.5 Å². The third kappa shape index (κ3) is 3.37. The molecule has 0 saturated carbocycles. The predicted octanol–water partition coefficient (Wildman–Crippen LogP) is 4.12. The van der Waals surface area contributed by atoms with Gasteiger partial charge in [-0.15, -0.1) is 11.3 Å². The maximum atomic E-state index is 12.1. The van der Waals surface area contributed by atoms with Crippen molar-refractivity contribution in [2.75, 3.05) is 0 Å². The molecule has 2 aromatic heterocycles. The Morgan fingerprint density at radius 2 is 2.08 bits per heavy atom. The number of hydrazone groups is 1. The number of hydrogen-bond donors (Lipinski definition) is 1. The van der Waals surface area contributed by atoms with Crippen molar-refractivity contribution in [3.63, 3.8) is 0 Å². The summed E-state index contributed by atoms with van der Waals surface area (Å²) in [7, 11) is 0. The van der Waals surface area contributed by atoms with Gasteiger partial charge in [-0.05, 0) is 48.8 Å². The minimum Gasteiger partial charge on any atom is -0.344 e. The second-order valence-electron chi connectivity index (χ2n) is 6.36. The van der Waals surface area contributed by atoms with Crippen LogP contribution in [0.3, 0.4) is 0 Å². The summed E-state index contributed by atoms with van der Waals surface area (Å²) < 4.78 is 2.34. The van der Waals surface area contributed by atoms with Crippen LogP contribution in [0.1, 0.15) is 35.4 Å². The first-order chi connectivity index (χ1) is 12.3. The molecule has 0 aliphatic heterocycles. The van der Waals surface area contributed by atoms with Gasteiger partial charge in [0.15, 0.2) is 0 Å². The second-order valence-corrected chi connectivity index (χ2v) is 7.34. The van der Waals surface area contributed by atoms with Gasteiger partial charge >= 0.3 is 0 Å². The molecule has 1 amide bonds.